The van der Waals surface area contributed by atoms with Crippen LogP contribution < -0.4 is 0 Å². The smallest absolute Gasteiger partial charge is 0.184 e. The second kappa shape index (κ2) is 3.70. The van der Waals surface area contributed by atoms with E-state index in [1.165, 1.54) is 0 Å². The summed E-state index contributed by atoms with van der Waals surface area (Å²) in [4.78, 5) is 17.8. The second-order valence-corrected chi connectivity index (χ2v) is 3.58. The number of carbonyl (C=O) groups excluding carboxylic acids is 1. The maximum Gasteiger partial charge on any atom is 0.184 e. The number of nitrogens with one attached hydrogen (secondary N) is 1. The monoisotopic (exact) mass is 218 g/mol. The first-order chi connectivity index (χ1) is 7.88. The van der Waals surface area contributed by atoms with Gasteiger partial charge in [0.2, 0.25) is 0 Å². The molecule has 16 heavy (non-hydrogen) atoms. The number of hydrogen-bond donors (Lipinski definition) is 1. The number of ether oxygens (including phenoxy) is 2. The van der Waals surface area contributed by atoms with Crippen molar-refractivity contribution in [1.82, 2.24) is 9.97 Å². The predicted octanol–water partition coefficient (Wildman–Crippen LogP) is 1.42. The number of nitrogens with zero attached hydrogens (tertiary/aromatic N) is 1. The molecule has 0 unspecified atom stereocenters. The summed E-state index contributed by atoms with van der Waals surface area (Å²) in [6.45, 7) is 1.19. The number of pyridine rings is 1. The molecular formula is C11H10N2O3. The zero-order valence-electron chi connectivity index (χ0n) is 8.47. The van der Waals surface area contributed by atoms with Gasteiger partial charge in [0.25, 0.3) is 0 Å². The quantitative estimate of drug-likeness (QED) is 0.774. The van der Waals surface area contributed by atoms with Gasteiger partial charge in [-0.2, -0.15) is 0 Å². The summed E-state index contributed by atoms with van der Waals surface area (Å²) < 4.78 is 10.9. The first-order valence-electron chi connectivity index (χ1n) is 5.04. The third-order valence-corrected chi connectivity index (χ3v) is 2.59. The Kier molecular flexibility index (Phi) is 2.19. The molecule has 3 heterocycles. The average Bonchev–Trinajstić information content (AvgIpc) is 2.97. The Morgan fingerprint density at radius 3 is 3.00 bits per heavy atom. The van der Waals surface area contributed by atoms with E-state index in [2.05, 4.69) is 9.97 Å². The van der Waals surface area contributed by atoms with Gasteiger partial charge in [-0.25, -0.2) is 4.98 Å². The molecule has 0 bridgehead atoms. The molecule has 1 fully saturated rings. The van der Waals surface area contributed by atoms with Crippen LogP contribution in [-0.2, 0) is 9.47 Å². The molecule has 0 spiro atoms. The van der Waals surface area contributed by atoms with Crippen molar-refractivity contribution < 1.29 is 14.3 Å². The van der Waals surface area contributed by atoms with E-state index in [-0.39, 0.29) is 6.29 Å². The highest BCUT2D eigenvalue weighted by Crippen LogP contribution is 2.29. The number of aromatic amines is 1. The molecule has 3 rings (SSSR count). The molecule has 1 N–H and O–H groups in total. The first kappa shape index (κ1) is 9.50. The van der Waals surface area contributed by atoms with Crippen LogP contribution >= 0.6 is 0 Å². The van der Waals surface area contributed by atoms with E-state index >= 15 is 0 Å². The summed E-state index contributed by atoms with van der Waals surface area (Å²) in [5.74, 6) is 0. The molecule has 0 aromatic carbocycles. The molecule has 5 nitrogen and oxygen atoms in total. The minimum atomic E-state index is -0.346. The Morgan fingerprint density at radius 2 is 2.25 bits per heavy atom. The van der Waals surface area contributed by atoms with E-state index in [9.17, 15) is 4.79 Å². The molecule has 0 atom stereocenters. The Hall–Kier alpha value is -1.72. The van der Waals surface area contributed by atoms with Crippen LogP contribution in [0.1, 0.15) is 22.3 Å². The molecular weight excluding hydrogens is 208 g/mol. The average molecular weight is 218 g/mol. The van der Waals surface area contributed by atoms with Crippen molar-refractivity contribution in [1.29, 1.82) is 0 Å². The maximum atomic E-state index is 10.7. The Morgan fingerprint density at radius 1 is 1.44 bits per heavy atom. The van der Waals surface area contributed by atoms with E-state index < -0.39 is 0 Å². The molecule has 5 heteroatoms. The highest BCUT2D eigenvalue weighted by Gasteiger charge is 2.21. The molecule has 0 amide bonds. The van der Waals surface area contributed by atoms with Gasteiger partial charge in [0, 0.05) is 17.1 Å². The van der Waals surface area contributed by atoms with Gasteiger partial charge >= 0.3 is 0 Å². The normalized spacial score (nSPS) is 17.0. The highest BCUT2D eigenvalue weighted by molar-refractivity contribution is 5.87. The van der Waals surface area contributed by atoms with E-state index in [4.69, 9.17) is 9.47 Å². The Balaban J connectivity index is 2.15. The fourth-order valence-corrected chi connectivity index (χ4v) is 1.87. The molecule has 0 aliphatic carbocycles. The van der Waals surface area contributed by atoms with Crippen molar-refractivity contribution in [3.05, 3.63) is 29.6 Å². The second-order valence-electron chi connectivity index (χ2n) is 3.58. The van der Waals surface area contributed by atoms with Gasteiger partial charge < -0.3 is 14.5 Å². The lowest BCUT2D eigenvalue weighted by Gasteiger charge is -2.09. The first-order valence-corrected chi connectivity index (χ1v) is 5.04. The van der Waals surface area contributed by atoms with Crippen molar-refractivity contribution in [2.45, 2.75) is 6.29 Å². The number of aromatic nitrogens is 2. The third kappa shape index (κ3) is 1.41. The lowest BCUT2D eigenvalue weighted by molar-refractivity contribution is -0.0430. The Bertz CT molecular complexity index is 529. The predicted molar refractivity (Wildman–Crippen MR) is 56.1 cm³/mol. The SMILES string of the molecule is O=Cc1cc2c(C3OCCO3)ccnc2[nH]1. The summed E-state index contributed by atoms with van der Waals surface area (Å²) in [6.07, 6.45) is 2.09. The fourth-order valence-electron chi connectivity index (χ4n) is 1.87. The van der Waals surface area contributed by atoms with Gasteiger partial charge in [0.05, 0.1) is 18.9 Å². The summed E-state index contributed by atoms with van der Waals surface area (Å²) in [7, 11) is 0. The van der Waals surface area contributed by atoms with Crippen molar-refractivity contribution in [3.63, 3.8) is 0 Å². The molecule has 2 aromatic heterocycles. The Labute approximate surface area is 91.4 Å². The van der Waals surface area contributed by atoms with Crippen molar-refractivity contribution in [3.8, 4) is 0 Å². The summed E-state index contributed by atoms with van der Waals surface area (Å²) in [6, 6.07) is 3.61. The summed E-state index contributed by atoms with van der Waals surface area (Å²) >= 11 is 0. The van der Waals surface area contributed by atoms with Crippen LogP contribution in [0.5, 0.6) is 0 Å². The van der Waals surface area contributed by atoms with Crippen LogP contribution in [0.2, 0.25) is 0 Å². The van der Waals surface area contributed by atoms with Crippen LogP contribution in [0.3, 0.4) is 0 Å². The van der Waals surface area contributed by atoms with Crippen LogP contribution in [0.4, 0.5) is 0 Å². The van der Waals surface area contributed by atoms with E-state index in [0.717, 1.165) is 17.2 Å². The van der Waals surface area contributed by atoms with Gasteiger partial charge in [-0.3, -0.25) is 4.79 Å². The maximum absolute atomic E-state index is 10.7. The number of H-pyrrole nitrogens is 1. The summed E-state index contributed by atoms with van der Waals surface area (Å²) in [5, 5.41) is 0.872. The lowest BCUT2D eigenvalue weighted by Crippen LogP contribution is -1.98. The van der Waals surface area contributed by atoms with E-state index in [0.29, 0.717) is 24.6 Å². The topological polar surface area (TPSA) is 64.2 Å². The number of carbonyl (C=O) groups is 1. The van der Waals surface area contributed by atoms with E-state index in [1.807, 2.05) is 6.07 Å². The molecule has 1 aliphatic rings. The largest absolute Gasteiger partial charge is 0.346 e. The molecule has 0 radical (unpaired) electrons. The molecule has 0 saturated carbocycles. The lowest BCUT2D eigenvalue weighted by atomic mass is 10.2. The van der Waals surface area contributed by atoms with Crippen LogP contribution in [-0.4, -0.2) is 29.5 Å². The molecule has 82 valence electrons. The van der Waals surface area contributed by atoms with Crippen LogP contribution in [0, 0.1) is 0 Å². The summed E-state index contributed by atoms with van der Waals surface area (Å²) in [5.41, 5.74) is 2.10. The molecule has 1 aliphatic heterocycles. The molecule has 1 saturated heterocycles. The molecule has 2 aromatic rings. The van der Waals surface area contributed by atoms with Gasteiger partial charge in [0.15, 0.2) is 12.6 Å². The minimum absolute atomic E-state index is 0.346. The number of aldehydes is 1. The standard InChI is InChI=1S/C11H10N2O3/c14-6-7-5-9-8(11-15-3-4-16-11)1-2-12-10(9)13-7/h1-2,5-6,11H,3-4H2,(H,12,13). The number of rotatable bonds is 2. The van der Waals surface area contributed by atoms with E-state index in [1.54, 1.807) is 12.3 Å². The number of fused-ring (bicyclic) bond motifs is 1. The van der Waals surface area contributed by atoms with Gasteiger partial charge in [-0.05, 0) is 12.1 Å². The zero-order chi connectivity index (χ0) is 11.0. The van der Waals surface area contributed by atoms with Crippen LogP contribution in [0.15, 0.2) is 18.3 Å². The van der Waals surface area contributed by atoms with Crippen LogP contribution in [0.25, 0.3) is 11.0 Å². The zero-order valence-corrected chi connectivity index (χ0v) is 8.47. The third-order valence-electron chi connectivity index (χ3n) is 2.59. The van der Waals surface area contributed by atoms with Gasteiger partial charge in [-0.1, -0.05) is 0 Å². The van der Waals surface area contributed by atoms with Gasteiger partial charge in [-0.15, -0.1) is 0 Å². The van der Waals surface area contributed by atoms with Gasteiger partial charge in [0.1, 0.15) is 5.65 Å². The minimum Gasteiger partial charge on any atom is -0.346 e. The van der Waals surface area contributed by atoms with Crippen molar-refractivity contribution in [2.24, 2.45) is 0 Å². The van der Waals surface area contributed by atoms with Crippen molar-refractivity contribution in [2.75, 3.05) is 13.2 Å². The highest BCUT2D eigenvalue weighted by atomic mass is 16.7. The van der Waals surface area contributed by atoms with Crippen molar-refractivity contribution >= 4 is 17.3 Å². The number of hydrogen-bond acceptors (Lipinski definition) is 4. The fraction of sp³-hybridized carbons (Fsp3) is 0.273.